The zero-order valence-corrected chi connectivity index (χ0v) is 12.4. The third-order valence-electron chi connectivity index (χ3n) is 3.22. The van der Waals surface area contributed by atoms with E-state index in [9.17, 15) is 0 Å². The molecule has 0 radical (unpaired) electrons. The van der Waals surface area contributed by atoms with Gasteiger partial charge in [-0.25, -0.2) is 7.11 Å². The largest absolute Gasteiger partial charge is 0.546 e. The minimum Gasteiger partial charge on any atom is -0.546 e. The Labute approximate surface area is 117 Å². The van der Waals surface area contributed by atoms with Gasteiger partial charge in [-0.1, -0.05) is 24.3 Å². The Morgan fingerprint density at radius 2 is 1.50 bits per heavy atom. The quantitative estimate of drug-likeness (QED) is 0.721. The van der Waals surface area contributed by atoms with E-state index in [0.717, 1.165) is 12.8 Å². The van der Waals surface area contributed by atoms with Crippen molar-refractivity contribution in [1.82, 2.24) is 0 Å². The van der Waals surface area contributed by atoms with Crippen molar-refractivity contribution < 1.29 is 30.9 Å². The molecule has 2 rings (SSSR count). The van der Waals surface area contributed by atoms with Gasteiger partial charge in [-0.3, -0.25) is 0 Å². The first-order valence-electron chi connectivity index (χ1n) is 5.37. The van der Waals surface area contributed by atoms with Crippen LogP contribution in [0.2, 0.25) is 0 Å². The molecule has 1 nitrogen and oxygen atoms in total. The van der Waals surface area contributed by atoms with Crippen molar-refractivity contribution in [1.29, 1.82) is 0 Å². The number of hydrogen-bond acceptors (Lipinski definition) is 1. The average Bonchev–Trinajstić information content (AvgIpc) is 2.80. The summed E-state index contributed by atoms with van der Waals surface area (Å²) in [6.45, 7) is 4.28. The van der Waals surface area contributed by atoms with E-state index in [1.165, 1.54) is 22.3 Å². The van der Waals surface area contributed by atoms with Crippen LogP contribution in [0.3, 0.4) is 0 Å². The minimum atomic E-state index is 0. The maximum Gasteiger partial charge on any atom is 0.0688 e. The van der Waals surface area contributed by atoms with Gasteiger partial charge in [0.1, 0.15) is 0 Å². The van der Waals surface area contributed by atoms with Gasteiger partial charge in [-0.05, 0) is 49.0 Å². The number of rotatable bonds is 3. The zero-order chi connectivity index (χ0) is 10.8. The van der Waals surface area contributed by atoms with E-state index in [1.807, 2.05) is 0 Å². The molecule has 0 atom stereocenters. The summed E-state index contributed by atoms with van der Waals surface area (Å²) in [5.41, 5.74) is 5.39. The predicted molar refractivity (Wildman–Crippen MR) is 63.1 cm³/mol. The molecule has 0 heterocycles. The molecule has 84 valence electrons. The molecule has 16 heavy (non-hydrogen) atoms. The summed E-state index contributed by atoms with van der Waals surface area (Å²) in [7, 11) is 3.62. The van der Waals surface area contributed by atoms with Crippen LogP contribution in [0.1, 0.15) is 26.7 Å². The van der Waals surface area contributed by atoms with Crippen LogP contribution >= 0.6 is 0 Å². The first-order chi connectivity index (χ1) is 7.24. The fourth-order valence-corrected chi connectivity index (χ4v) is 2.30. The second-order valence-electron chi connectivity index (χ2n) is 4.18. The Morgan fingerprint density at radius 3 is 1.75 bits per heavy atom. The summed E-state index contributed by atoms with van der Waals surface area (Å²) < 4.78 is 5.41. The van der Waals surface area contributed by atoms with Gasteiger partial charge >= 0.3 is 0 Å². The van der Waals surface area contributed by atoms with Crippen molar-refractivity contribution in [2.75, 3.05) is 0 Å². The van der Waals surface area contributed by atoms with Gasteiger partial charge < -0.3 is 4.74 Å². The van der Waals surface area contributed by atoms with Crippen LogP contribution in [-0.2, 0) is 30.9 Å². The van der Waals surface area contributed by atoms with Gasteiger partial charge in [0.15, 0.2) is 0 Å². The third-order valence-corrected chi connectivity index (χ3v) is 3.22. The van der Waals surface area contributed by atoms with Crippen molar-refractivity contribution in [3.63, 3.8) is 0 Å². The average molecular weight is 293 g/mol. The fourth-order valence-electron chi connectivity index (χ4n) is 2.30. The van der Waals surface area contributed by atoms with E-state index in [2.05, 4.69) is 45.3 Å². The van der Waals surface area contributed by atoms with Gasteiger partial charge in [-0.2, -0.15) is 0 Å². The molecule has 0 N–H and O–H groups in total. The Kier molecular flexibility index (Phi) is 5.14. The van der Waals surface area contributed by atoms with E-state index >= 15 is 0 Å². The Bertz CT molecular complexity index is 350. The number of hydrogen-bond donors (Lipinski definition) is 0. The summed E-state index contributed by atoms with van der Waals surface area (Å²) >= 11 is 0. The Morgan fingerprint density at radius 1 is 1.06 bits per heavy atom. The SMILES string of the molecule is [CH2-]OC(C1=C(C)C=CC1)C1=C(C)C=CC1.[Zr]. The molecule has 0 aromatic heterocycles. The predicted octanol–water partition coefficient (Wildman–Crippen LogP) is 3.71. The molecule has 0 amide bonds. The molecule has 0 aromatic carbocycles. The monoisotopic (exact) mass is 291 g/mol. The standard InChI is InChI=1S/C14H17O.Zr/c1-10-6-4-8-12(10)14(15-3)13-9-5-7-11(13)2;/h4-7,14H,3,8-9H2,1-2H3;/q-1;. The molecule has 2 heteroatoms. The maximum atomic E-state index is 5.41. The van der Waals surface area contributed by atoms with Crippen LogP contribution in [0.25, 0.3) is 0 Å². The molecular weight excluding hydrogens is 275 g/mol. The molecule has 0 bridgehead atoms. The number of ether oxygens (including phenoxy) is 1. The van der Waals surface area contributed by atoms with E-state index in [0.29, 0.717) is 0 Å². The van der Waals surface area contributed by atoms with Crippen LogP contribution < -0.4 is 0 Å². The molecule has 0 saturated carbocycles. The summed E-state index contributed by atoms with van der Waals surface area (Å²) in [5, 5.41) is 0. The van der Waals surface area contributed by atoms with Crippen molar-refractivity contribution >= 4 is 0 Å². The molecule has 0 saturated heterocycles. The normalized spacial score (nSPS) is 19.0. The smallest absolute Gasteiger partial charge is 0.0688 e. The summed E-state index contributed by atoms with van der Waals surface area (Å²) in [6.07, 6.45) is 10.8. The van der Waals surface area contributed by atoms with Crippen LogP contribution in [0.5, 0.6) is 0 Å². The summed E-state index contributed by atoms with van der Waals surface area (Å²) in [4.78, 5) is 0. The van der Waals surface area contributed by atoms with E-state index < -0.39 is 0 Å². The van der Waals surface area contributed by atoms with Crippen LogP contribution in [0.4, 0.5) is 0 Å². The van der Waals surface area contributed by atoms with Gasteiger partial charge in [0.25, 0.3) is 0 Å². The molecule has 0 aliphatic heterocycles. The van der Waals surface area contributed by atoms with Gasteiger partial charge in [-0.15, -0.1) is 0 Å². The first kappa shape index (κ1) is 13.9. The molecule has 0 unspecified atom stereocenters. The third kappa shape index (κ3) is 2.55. The second kappa shape index (κ2) is 5.93. The summed E-state index contributed by atoms with van der Waals surface area (Å²) in [6, 6.07) is 0. The first-order valence-corrected chi connectivity index (χ1v) is 5.37. The summed E-state index contributed by atoms with van der Waals surface area (Å²) in [5.74, 6) is 0. The van der Waals surface area contributed by atoms with Crippen molar-refractivity contribution in [3.05, 3.63) is 53.7 Å². The van der Waals surface area contributed by atoms with Gasteiger partial charge in [0, 0.05) is 26.2 Å². The minimum absolute atomic E-state index is 0. The Balaban J connectivity index is 0.00000128. The van der Waals surface area contributed by atoms with Crippen molar-refractivity contribution in [2.45, 2.75) is 32.8 Å². The van der Waals surface area contributed by atoms with Crippen molar-refractivity contribution in [2.24, 2.45) is 0 Å². The van der Waals surface area contributed by atoms with Gasteiger partial charge in [0.2, 0.25) is 0 Å². The van der Waals surface area contributed by atoms with Crippen LogP contribution in [0, 0.1) is 7.11 Å². The molecule has 0 spiro atoms. The molecule has 2 aliphatic rings. The van der Waals surface area contributed by atoms with E-state index in [-0.39, 0.29) is 32.3 Å². The van der Waals surface area contributed by atoms with Crippen molar-refractivity contribution in [3.8, 4) is 0 Å². The van der Waals surface area contributed by atoms with Gasteiger partial charge in [0.05, 0.1) is 6.10 Å². The maximum absolute atomic E-state index is 5.41. The van der Waals surface area contributed by atoms with Crippen LogP contribution in [-0.4, -0.2) is 6.10 Å². The van der Waals surface area contributed by atoms with Crippen LogP contribution in [0.15, 0.2) is 46.6 Å². The molecular formula is C14H17OZr-. The van der Waals surface area contributed by atoms with E-state index in [1.54, 1.807) is 0 Å². The second-order valence-corrected chi connectivity index (χ2v) is 4.18. The number of allylic oxidation sites excluding steroid dienone is 6. The fraction of sp³-hybridized carbons (Fsp3) is 0.357. The Hall–Kier alpha value is -0.197. The zero-order valence-electron chi connectivity index (χ0n) is 9.92. The molecule has 2 aliphatic carbocycles. The molecule has 0 fully saturated rings. The van der Waals surface area contributed by atoms with E-state index in [4.69, 9.17) is 4.74 Å². The molecule has 0 aromatic rings. The topological polar surface area (TPSA) is 9.23 Å².